The summed E-state index contributed by atoms with van der Waals surface area (Å²) in [5.41, 5.74) is 3.86. The van der Waals surface area contributed by atoms with E-state index in [1.807, 2.05) is 61.5 Å². The number of amides is 1. The molecule has 0 aliphatic heterocycles. The van der Waals surface area contributed by atoms with Gasteiger partial charge in [-0.3, -0.25) is 4.79 Å². The number of carbonyl (C=O) groups excluding carboxylic acids is 1. The zero-order valence-electron chi connectivity index (χ0n) is 16.5. The van der Waals surface area contributed by atoms with Crippen LogP contribution in [0.15, 0.2) is 78.9 Å². The van der Waals surface area contributed by atoms with Gasteiger partial charge in [-0.2, -0.15) is 0 Å². The van der Waals surface area contributed by atoms with Crippen molar-refractivity contribution in [2.75, 3.05) is 0 Å². The summed E-state index contributed by atoms with van der Waals surface area (Å²) in [4.78, 5) is 17.2. The fraction of sp³-hybridized carbons (Fsp3) is 0.125. The third-order valence-electron chi connectivity index (χ3n) is 4.73. The van der Waals surface area contributed by atoms with Crippen LogP contribution in [-0.4, -0.2) is 20.7 Å². The van der Waals surface area contributed by atoms with E-state index < -0.39 is 0 Å². The van der Waals surface area contributed by atoms with E-state index in [1.165, 1.54) is 12.1 Å². The summed E-state index contributed by atoms with van der Waals surface area (Å²) >= 11 is 0. The Balaban J connectivity index is 1.59. The van der Waals surface area contributed by atoms with Gasteiger partial charge in [0, 0.05) is 13.0 Å². The van der Waals surface area contributed by atoms with Gasteiger partial charge in [0.15, 0.2) is 0 Å². The smallest absolute Gasteiger partial charge is 0.291 e. The molecular formula is C24H21FN4O. The molecule has 0 aliphatic carbocycles. The van der Waals surface area contributed by atoms with E-state index in [1.54, 1.807) is 16.8 Å². The summed E-state index contributed by atoms with van der Waals surface area (Å²) in [5, 5.41) is 7.27. The molecule has 0 spiro atoms. The number of rotatable bonds is 6. The first-order valence-electron chi connectivity index (χ1n) is 9.68. The van der Waals surface area contributed by atoms with E-state index >= 15 is 0 Å². The first kappa shape index (κ1) is 19.5. The Kier molecular flexibility index (Phi) is 5.66. The second kappa shape index (κ2) is 8.69. The van der Waals surface area contributed by atoms with Crippen LogP contribution in [0.1, 0.15) is 33.1 Å². The number of carbonyl (C=O) groups is 1. The number of nitrogens with one attached hydrogen (secondary N) is 1. The standard InChI is InChI=1S/C24H21FN4O/c1-17-7-13-21(14-8-17)29-22(15-18-5-3-2-4-6-18)27-23(28-29)24(30)26-16-19-9-11-20(25)12-10-19/h2-14H,15-16H2,1H3,(H,26,30). The highest BCUT2D eigenvalue weighted by atomic mass is 19.1. The molecule has 4 rings (SSSR count). The molecule has 0 saturated heterocycles. The largest absolute Gasteiger partial charge is 0.345 e. The maximum absolute atomic E-state index is 13.1. The Morgan fingerprint density at radius 3 is 2.33 bits per heavy atom. The normalized spacial score (nSPS) is 10.7. The molecule has 0 unspecified atom stereocenters. The average Bonchev–Trinajstić information content (AvgIpc) is 3.18. The van der Waals surface area contributed by atoms with Crippen molar-refractivity contribution in [3.05, 3.63) is 113 Å². The monoisotopic (exact) mass is 400 g/mol. The van der Waals surface area contributed by atoms with Gasteiger partial charge >= 0.3 is 0 Å². The molecule has 0 atom stereocenters. The predicted octanol–water partition coefficient (Wildman–Crippen LogP) is 4.24. The summed E-state index contributed by atoms with van der Waals surface area (Å²) in [7, 11) is 0. The van der Waals surface area contributed by atoms with Crippen LogP contribution in [0.5, 0.6) is 0 Å². The fourth-order valence-electron chi connectivity index (χ4n) is 3.09. The molecule has 0 bridgehead atoms. The zero-order valence-corrected chi connectivity index (χ0v) is 16.5. The van der Waals surface area contributed by atoms with Crippen LogP contribution in [0.4, 0.5) is 4.39 Å². The number of halogens is 1. The molecule has 1 heterocycles. The lowest BCUT2D eigenvalue weighted by Crippen LogP contribution is -2.24. The molecule has 5 nitrogen and oxygen atoms in total. The molecule has 1 amide bonds. The van der Waals surface area contributed by atoms with Gasteiger partial charge in [0.2, 0.25) is 5.82 Å². The van der Waals surface area contributed by atoms with Crippen molar-refractivity contribution in [2.24, 2.45) is 0 Å². The quantitative estimate of drug-likeness (QED) is 0.527. The minimum atomic E-state index is -0.375. The lowest BCUT2D eigenvalue weighted by molar-refractivity contribution is 0.0940. The van der Waals surface area contributed by atoms with E-state index in [-0.39, 0.29) is 24.1 Å². The number of benzene rings is 3. The van der Waals surface area contributed by atoms with Crippen LogP contribution >= 0.6 is 0 Å². The van der Waals surface area contributed by atoms with Crippen molar-refractivity contribution in [3.8, 4) is 5.69 Å². The SMILES string of the molecule is Cc1ccc(-n2nc(C(=O)NCc3ccc(F)cc3)nc2Cc2ccccc2)cc1. The molecule has 1 aromatic heterocycles. The Bertz CT molecular complexity index is 1140. The third kappa shape index (κ3) is 4.60. The number of hydrogen-bond acceptors (Lipinski definition) is 3. The van der Waals surface area contributed by atoms with E-state index in [0.717, 1.165) is 22.4 Å². The van der Waals surface area contributed by atoms with Gasteiger partial charge in [0.05, 0.1) is 5.69 Å². The van der Waals surface area contributed by atoms with E-state index in [4.69, 9.17) is 0 Å². The van der Waals surface area contributed by atoms with Crippen molar-refractivity contribution in [3.63, 3.8) is 0 Å². The van der Waals surface area contributed by atoms with Crippen LogP contribution in [0.2, 0.25) is 0 Å². The predicted molar refractivity (Wildman–Crippen MR) is 113 cm³/mol. The van der Waals surface area contributed by atoms with E-state index in [2.05, 4.69) is 15.4 Å². The maximum Gasteiger partial charge on any atom is 0.291 e. The molecule has 6 heteroatoms. The van der Waals surface area contributed by atoms with Gasteiger partial charge in [-0.15, -0.1) is 5.10 Å². The van der Waals surface area contributed by atoms with Crippen molar-refractivity contribution in [1.82, 2.24) is 20.1 Å². The van der Waals surface area contributed by atoms with Crippen molar-refractivity contribution < 1.29 is 9.18 Å². The highest BCUT2D eigenvalue weighted by Gasteiger charge is 2.17. The first-order chi connectivity index (χ1) is 14.6. The highest BCUT2D eigenvalue weighted by Crippen LogP contribution is 2.15. The lowest BCUT2D eigenvalue weighted by Gasteiger charge is -2.06. The van der Waals surface area contributed by atoms with Crippen LogP contribution in [0, 0.1) is 12.7 Å². The Hall–Kier alpha value is -3.80. The zero-order chi connectivity index (χ0) is 20.9. The molecule has 4 aromatic rings. The van der Waals surface area contributed by atoms with Gasteiger partial charge in [-0.1, -0.05) is 60.2 Å². The van der Waals surface area contributed by atoms with Crippen molar-refractivity contribution in [2.45, 2.75) is 19.9 Å². The molecule has 0 radical (unpaired) electrons. The van der Waals surface area contributed by atoms with Gasteiger partial charge in [-0.25, -0.2) is 14.1 Å². The van der Waals surface area contributed by atoms with Crippen molar-refractivity contribution in [1.29, 1.82) is 0 Å². The van der Waals surface area contributed by atoms with Gasteiger partial charge in [0.25, 0.3) is 5.91 Å². The molecule has 0 saturated carbocycles. The maximum atomic E-state index is 13.1. The summed E-state index contributed by atoms with van der Waals surface area (Å²) in [5.74, 6) is 0.0919. The minimum absolute atomic E-state index is 0.101. The Morgan fingerprint density at radius 2 is 1.63 bits per heavy atom. The highest BCUT2D eigenvalue weighted by molar-refractivity contribution is 5.90. The summed E-state index contributed by atoms with van der Waals surface area (Å²) < 4.78 is 14.8. The number of hydrogen-bond donors (Lipinski definition) is 1. The van der Waals surface area contributed by atoms with Crippen LogP contribution in [0.3, 0.4) is 0 Å². The lowest BCUT2D eigenvalue weighted by atomic mass is 10.1. The Morgan fingerprint density at radius 1 is 0.933 bits per heavy atom. The number of aryl methyl sites for hydroxylation is 1. The van der Waals surface area contributed by atoms with E-state index in [9.17, 15) is 9.18 Å². The van der Waals surface area contributed by atoms with Crippen LogP contribution in [0.25, 0.3) is 5.69 Å². The topological polar surface area (TPSA) is 59.8 Å². The summed E-state index contributed by atoms with van der Waals surface area (Å²) in [6, 6.07) is 23.8. The molecule has 1 N–H and O–H groups in total. The number of nitrogens with zero attached hydrogens (tertiary/aromatic N) is 3. The van der Waals surface area contributed by atoms with E-state index in [0.29, 0.717) is 12.2 Å². The molecule has 150 valence electrons. The second-order valence-electron chi connectivity index (χ2n) is 7.07. The second-order valence-corrected chi connectivity index (χ2v) is 7.07. The van der Waals surface area contributed by atoms with Gasteiger partial charge in [0.1, 0.15) is 11.6 Å². The molecule has 30 heavy (non-hydrogen) atoms. The summed E-state index contributed by atoms with van der Waals surface area (Å²) in [6.45, 7) is 2.29. The van der Waals surface area contributed by atoms with Crippen LogP contribution in [-0.2, 0) is 13.0 Å². The molecule has 0 aliphatic rings. The molecular weight excluding hydrogens is 379 g/mol. The fourth-order valence-corrected chi connectivity index (χ4v) is 3.09. The number of aromatic nitrogens is 3. The van der Waals surface area contributed by atoms with Crippen molar-refractivity contribution >= 4 is 5.91 Å². The Labute approximate surface area is 174 Å². The average molecular weight is 400 g/mol. The third-order valence-corrected chi connectivity index (χ3v) is 4.73. The molecule has 0 fully saturated rings. The summed E-state index contributed by atoms with van der Waals surface area (Å²) in [6.07, 6.45) is 0.549. The molecule has 3 aromatic carbocycles. The minimum Gasteiger partial charge on any atom is -0.345 e. The van der Waals surface area contributed by atoms with Gasteiger partial charge in [-0.05, 0) is 42.3 Å². The van der Waals surface area contributed by atoms with Crippen LogP contribution < -0.4 is 5.32 Å². The first-order valence-corrected chi connectivity index (χ1v) is 9.68. The van der Waals surface area contributed by atoms with Gasteiger partial charge < -0.3 is 5.32 Å².